The highest BCUT2D eigenvalue weighted by Crippen LogP contribution is 2.42. The van der Waals surface area contributed by atoms with Crippen molar-refractivity contribution in [3.8, 4) is 0 Å². The molecule has 0 bridgehead atoms. The van der Waals surface area contributed by atoms with E-state index in [-0.39, 0.29) is 22.9 Å². The number of aliphatic hydroxyl groups excluding tert-OH is 1. The van der Waals surface area contributed by atoms with E-state index >= 15 is 0 Å². The van der Waals surface area contributed by atoms with E-state index in [1.807, 2.05) is 18.2 Å². The van der Waals surface area contributed by atoms with E-state index in [4.69, 9.17) is 4.42 Å². The van der Waals surface area contributed by atoms with Gasteiger partial charge in [0.1, 0.15) is 17.6 Å². The first-order chi connectivity index (χ1) is 17.4. The molecule has 5 rings (SSSR count). The zero-order chi connectivity index (χ0) is 25.2. The van der Waals surface area contributed by atoms with Crippen molar-refractivity contribution in [3.05, 3.63) is 106 Å². The van der Waals surface area contributed by atoms with E-state index in [9.17, 15) is 24.8 Å². The first-order valence-electron chi connectivity index (χ1n) is 11.8. The van der Waals surface area contributed by atoms with Crippen LogP contribution in [0.1, 0.15) is 35.8 Å². The summed E-state index contributed by atoms with van der Waals surface area (Å²) >= 11 is 0. The maximum Gasteiger partial charge on any atom is 0.296 e. The molecular weight excluding hydrogens is 462 g/mol. The molecule has 1 N–H and O–H groups in total. The van der Waals surface area contributed by atoms with Gasteiger partial charge < -0.3 is 14.4 Å². The minimum Gasteiger partial charge on any atom is -0.507 e. The molecule has 9 heteroatoms. The third-order valence-corrected chi connectivity index (χ3v) is 6.82. The SMILES string of the molecule is O=C1C(=O)N(C2CCN(Cc3ccccc3)CC2)C(c2ccco2)/C1=C(/O)c1cccc([N+](=O)[O-])c1. The molecule has 1 unspecified atom stereocenters. The van der Waals surface area contributed by atoms with Gasteiger partial charge in [0.2, 0.25) is 0 Å². The molecule has 1 aromatic heterocycles. The first kappa shape index (κ1) is 23.5. The molecule has 2 aliphatic heterocycles. The van der Waals surface area contributed by atoms with Crippen molar-refractivity contribution >= 4 is 23.1 Å². The van der Waals surface area contributed by atoms with Gasteiger partial charge in [-0.15, -0.1) is 0 Å². The summed E-state index contributed by atoms with van der Waals surface area (Å²) in [7, 11) is 0. The van der Waals surface area contributed by atoms with E-state index in [0.717, 1.165) is 19.6 Å². The summed E-state index contributed by atoms with van der Waals surface area (Å²) in [6.45, 7) is 2.30. The van der Waals surface area contributed by atoms with Crippen LogP contribution in [0.5, 0.6) is 0 Å². The Hall–Kier alpha value is -4.24. The molecule has 0 saturated carbocycles. The van der Waals surface area contributed by atoms with E-state index in [0.29, 0.717) is 18.6 Å². The van der Waals surface area contributed by atoms with Crippen molar-refractivity contribution in [3.63, 3.8) is 0 Å². The lowest BCUT2D eigenvalue weighted by Crippen LogP contribution is -2.46. The van der Waals surface area contributed by atoms with Gasteiger partial charge in [0.15, 0.2) is 0 Å². The predicted octanol–water partition coefficient (Wildman–Crippen LogP) is 4.27. The number of furan rings is 1. The Kier molecular flexibility index (Phi) is 6.39. The molecule has 2 saturated heterocycles. The number of carbonyl (C=O) groups is 2. The van der Waals surface area contributed by atoms with Crippen LogP contribution in [-0.2, 0) is 16.1 Å². The lowest BCUT2D eigenvalue weighted by molar-refractivity contribution is -0.384. The number of amides is 1. The largest absolute Gasteiger partial charge is 0.507 e. The number of benzene rings is 2. The van der Waals surface area contributed by atoms with Crippen molar-refractivity contribution in [2.75, 3.05) is 13.1 Å². The van der Waals surface area contributed by atoms with Crippen LogP contribution in [-0.4, -0.2) is 50.7 Å². The standard InChI is InChI=1S/C27H25N3O6/c31-25(19-8-4-9-21(16-19)30(34)35)23-24(22-10-5-15-36-22)29(27(33)26(23)32)20-11-13-28(14-12-20)17-18-6-2-1-3-7-18/h1-10,15-16,20,24,31H,11-14,17H2/b25-23-. The number of piperidine rings is 1. The van der Waals surface area contributed by atoms with Gasteiger partial charge in [-0.1, -0.05) is 42.5 Å². The number of likely N-dealkylation sites (tertiary alicyclic amines) is 2. The van der Waals surface area contributed by atoms with Crippen LogP contribution in [0.15, 0.2) is 83.0 Å². The third kappa shape index (κ3) is 4.40. The van der Waals surface area contributed by atoms with Gasteiger partial charge >= 0.3 is 0 Å². The molecule has 2 aromatic carbocycles. The molecule has 1 amide bonds. The van der Waals surface area contributed by atoms with Crippen molar-refractivity contribution in [2.24, 2.45) is 0 Å². The Morgan fingerprint density at radius 1 is 1.03 bits per heavy atom. The van der Waals surface area contributed by atoms with Gasteiger partial charge in [0.25, 0.3) is 17.4 Å². The molecule has 36 heavy (non-hydrogen) atoms. The van der Waals surface area contributed by atoms with Crippen LogP contribution < -0.4 is 0 Å². The number of hydrogen-bond acceptors (Lipinski definition) is 7. The number of Topliss-reactive ketones (excluding diaryl/α,β-unsaturated/α-hetero) is 1. The van der Waals surface area contributed by atoms with Crippen molar-refractivity contribution in [1.82, 2.24) is 9.80 Å². The molecule has 3 heterocycles. The van der Waals surface area contributed by atoms with Crippen LogP contribution in [0, 0.1) is 10.1 Å². The van der Waals surface area contributed by atoms with E-state index in [2.05, 4.69) is 17.0 Å². The number of hydrogen-bond donors (Lipinski definition) is 1. The van der Waals surface area contributed by atoms with E-state index < -0.39 is 28.4 Å². The minimum atomic E-state index is -0.912. The van der Waals surface area contributed by atoms with Gasteiger partial charge in [-0.2, -0.15) is 0 Å². The third-order valence-electron chi connectivity index (χ3n) is 6.82. The summed E-state index contributed by atoms with van der Waals surface area (Å²) in [5, 5.41) is 22.3. The molecule has 0 spiro atoms. The zero-order valence-corrected chi connectivity index (χ0v) is 19.4. The second-order valence-corrected chi connectivity index (χ2v) is 9.02. The highest BCUT2D eigenvalue weighted by molar-refractivity contribution is 6.46. The Bertz CT molecular complexity index is 1310. The van der Waals surface area contributed by atoms with Crippen molar-refractivity contribution in [2.45, 2.75) is 31.5 Å². The minimum absolute atomic E-state index is 0.0939. The molecule has 2 aliphatic rings. The van der Waals surface area contributed by atoms with Crippen LogP contribution in [0.2, 0.25) is 0 Å². The lowest BCUT2D eigenvalue weighted by Gasteiger charge is -2.38. The smallest absolute Gasteiger partial charge is 0.296 e. The normalized spacial score (nSPS) is 20.7. The molecule has 184 valence electrons. The fourth-order valence-corrected chi connectivity index (χ4v) is 5.07. The summed E-state index contributed by atoms with van der Waals surface area (Å²) < 4.78 is 5.60. The van der Waals surface area contributed by atoms with E-state index in [1.165, 1.54) is 41.0 Å². The second-order valence-electron chi connectivity index (χ2n) is 9.02. The summed E-state index contributed by atoms with van der Waals surface area (Å²) in [6.07, 6.45) is 2.77. The molecule has 2 fully saturated rings. The van der Waals surface area contributed by atoms with Gasteiger partial charge in [-0.3, -0.25) is 24.6 Å². The summed E-state index contributed by atoms with van der Waals surface area (Å²) in [4.78, 5) is 41.0. The Morgan fingerprint density at radius 2 is 1.78 bits per heavy atom. The van der Waals surface area contributed by atoms with E-state index in [1.54, 1.807) is 12.1 Å². The number of nitro groups is 1. The highest BCUT2D eigenvalue weighted by Gasteiger charge is 2.50. The van der Waals surface area contributed by atoms with Crippen molar-refractivity contribution < 1.29 is 24.0 Å². The summed E-state index contributed by atoms with van der Waals surface area (Å²) in [5.74, 6) is -1.63. The fourth-order valence-electron chi connectivity index (χ4n) is 5.07. The zero-order valence-electron chi connectivity index (χ0n) is 19.4. The molecular formula is C27H25N3O6. The molecule has 9 nitrogen and oxygen atoms in total. The number of ketones is 1. The first-order valence-corrected chi connectivity index (χ1v) is 11.8. The molecule has 0 radical (unpaired) electrons. The average Bonchev–Trinajstić information content (AvgIpc) is 3.52. The van der Waals surface area contributed by atoms with Crippen LogP contribution in [0.25, 0.3) is 5.76 Å². The van der Waals surface area contributed by atoms with Crippen LogP contribution in [0.4, 0.5) is 5.69 Å². The summed E-state index contributed by atoms with van der Waals surface area (Å²) in [6, 6.07) is 17.7. The molecule has 3 aromatic rings. The number of non-ortho nitro benzene ring substituents is 1. The lowest BCUT2D eigenvalue weighted by atomic mass is 9.97. The summed E-state index contributed by atoms with van der Waals surface area (Å²) in [5.41, 5.74) is 0.955. The average molecular weight is 488 g/mol. The van der Waals surface area contributed by atoms with Crippen molar-refractivity contribution in [1.29, 1.82) is 0 Å². The monoisotopic (exact) mass is 487 g/mol. The Labute approximate surface area is 207 Å². The topological polar surface area (TPSA) is 117 Å². The number of nitro benzene ring substituents is 1. The highest BCUT2D eigenvalue weighted by atomic mass is 16.6. The predicted molar refractivity (Wildman–Crippen MR) is 131 cm³/mol. The number of aliphatic hydroxyl groups is 1. The van der Waals surface area contributed by atoms with Gasteiger partial charge in [0.05, 0.1) is 16.8 Å². The number of nitrogens with zero attached hydrogens (tertiary/aromatic N) is 3. The number of carbonyl (C=O) groups excluding carboxylic acids is 2. The fraction of sp³-hybridized carbons (Fsp3) is 0.259. The quantitative estimate of drug-likeness (QED) is 0.181. The Morgan fingerprint density at radius 3 is 2.44 bits per heavy atom. The molecule has 0 aliphatic carbocycles. The van der Waals surface area contributed by atoms with Gasteiger partial charge in [-0.25, -0.2) is 0 Å². The van der Waals surface area contributed by atoms with Crippen LogP contribution >= 0.6 is 0 Å². The number of rotatable bonds is 6. The maximum atomic E-state index is 13.3. The molecule has 1 atom stereocenters. The van der Waals surface area contributed by atoms with Gasteiger partial charge in [-0.05, 0) is 30.5 Å². The second kappa shape index (κ2) is 9.79. The van der Waals surface area contributed by atoms with Crippen LogP contribution in [0.3, 0.4) is 0 Å². The maximum absolute atomic E-state index is 13.3. The Balaban J connectivity index is 1.45. The van der Waals surface area contributed by atoms with Gasteiger partial charge in [0, 0.05) is 43.4 Å².